The molecule has 2 N–H and O–H groups in total. The summed E-state index contributed by atoms with van der Waals surface area (Å²) in [6, 6.07) is 15.7. The standard InChI is InChI=1S/C19H21N3O2/c1-14-6-8-15(9-7-14)10-11-18(23)20-12-13-22-17-5-3-2-4-16(17)21-19(22)24/h2-9H,10-13H2,1H3,(H,20,23)(H,21,24). The van der Waals surface area contributed by atoms with Crippen molar-refractivity contribution in [3.05, 3.63) is 70.1 Å². The van der Waals surface area contributed by atoms with Gasteiger partial charge in [-0.15, -0.1) is 0 Å². The van der Waals surface area contributed by atoms with Crippen molar-refractivity contribution in [2.45, 2.75) is 26.3 Å². The van der Waals surface area contributed by atoms with Crippen molar-refractivity contribution < 1.29 is 4.79 Å². The van der Waals surface area contributed by atoms with Gasteiger partial charge in [0.15, 0.2) is 0 Å². The van der Waals surface area contributed by atoms with Crippen LogP contribution in [0, 0.1) is 6.92 Å². The number of aromatic nitrogens is 2. The van der Waals surface area contributed by atoms with E-state index in [4.69, 9.17) is 0 Å². The van der Waals surface area contributed by atoms with Crippen molar-refractivity contribution >= 4 is 16.9 Å². The molecule has 0 radical (unpaired) electrons. The Morgan fingerprint density at radius 2 is 1.88 bits per heavy atom. The van der Waals surface area contributed by atoms with Gasteiger partial charge in [0.25, 0.3) is 0 Å². The number of carbonyl (C=O) groups is 1. The van der Waals surface area contributed by atoms with E-state index in [9.17, 15) is 9.59 Å². The highest BCUT2D eigenvalue weighted by Gasteiger charge is 2.06. The SMILES string of the molecule is Cc1ccc(CCC(=O)NCCn2c(=O)[nH]c3ccccc32)cc1. The zero-order chi connectivity index (χ0) is 16.9. The summed E-state index contributed by atoms with van der Waals surface area (Å²) >= 11 is 0. The molecule has 0 fully saturated rings. The Morgan fingerprint density at radius 3 is 2.67 bits per heavy atom. The Kier molecular flexibility index (Phi) is 4.79. The quantitative estimate of drug-likeness (QED) is 0.731. The van der Waals surface area contributed by atoms with Crippen molar-refractivity contribution in [3.63, 3.8) is 0 Å². The van der Waals surface area contributed by atoms with Crippen LogP contribution in [-0.2, 0) is 17.8 Å². The number of benzene rings is 2. The van der Waals surface area contributed by atoms with Gasteiger partial charge in [-0.3, -0.25) is 9.36 Å². The fraction of sp³-hybridized carbons (Fsp3) is 0.263. The van der Waals surface area contributed by atoms with E-state index in [2.05, 4.69) is 22.4 Å². The molecule has 1 heterocycles. The molecule has 0 aliphatic rings. The number of para-hydroxylation sites is 2. The predicted molar refractivity (Wildman–Crippen MR) is 95.1 cm³/mol. The van der Waals surface area contributed by atoms with Crippen LogP contribution in [0.5, 0.6) is 0 Å². The summed E-state index contributed by atoms with van der Waals surface area (Å²) in [5.41, 5.74) is 3.89. The third kappa shape index (κ3) is 3.74. The molecule has 0 unspecified atom stereocenters. The van der Waals surface area contributed by atoms with Gasteiger partial charge in [-0.25, -0.2) is 4.79 Å². The number of carbonyl (C=O) groups excluding carboxylic acids is 1. The van der Waals surface area contributed by atoms with E-state index < -0.39 is 0 Å². The fourth-order valence-electron chi connectivity index (χ4n) is 2.74. The van der Waals surface area contributed by atoms with Crippen LogP contribution in [0.15, 0.2) is 53.3 Å². The number of aromatic amines is 1. The molecule has 0 atom stereocenters. The number of nitrogens with one attached hydrogen (secondary N) is 2. The number of fused-ring (bicyclic) bond motifs is 1. The second-order valence-electron chi connectivity index (χ2n) is 5.93. The fourth-order valence-corrected chi connectivity index (χ4v) is 2.74. The number of rotatable bonds is 6. The Hall–Kier alpha value is -2.82. The lowest BCUT2D eigenvalue weighted by Crippen LogP contribution is -2.30. The molecule has 1 aromatic heterocycles. The summed E-state index contributed by atoms with van der Waals surface area (Å²) in [7, 11) is 0. The number of nitrogens with zero attached hydrogens (tertiary/aromatic N) is 1. The van der Waals surface area contributed by atoms with Crippen LogP contribution in [0.4, 0.5) is 0 Å². The number of H-pyrrole nitrogens is 1. The number of hydrogen-bond acceptors (Lipinski definition) is 2. The van der Waals surface area contributed by atoms with Gasteiger partial charge in [-0.1, -0.05) is 42.0 Å². The first-order valence-electron chi connectivity index (χ1n) is 8.13. The first-order valence-corrected chi connectivity index (χ1v) is 8.13. The van der Waals surface area contributed by atoms with E-state index in [1.807, 2.05) is 43.3 Å². The van der Waals surface area contributed by atoms with Gasteiger partial charge < -0.3 is 10.3 Å². The van der Waals surface area contributed by atoms with Crippen LogP contribution in [-0.4, -0.2) is 22.0 Å². The zero-order valence-electron chi connectivity index (χ0n) is 13.7. The van der Waals surface area contributed by atoms with E-state index in [0.29, 0.717) is 19.5 Å². The average Bonchev–Trinajstić information content (AvgIpc) is 2.90. The zero-order valence-corrected chi connectivity index (χ0v) is 13.7. The van der Waals surface area contributed by atoms with Crippen LogP contribution >= 0.6 is 0 Å². The summed E-state index contributed by atoms with van der Waals surface area (Å²) in [5, 5.41) is 2.88. The minimum Gasteiger partial charge on any atom is -0.354 e. The summed E-state index contributed by atoms with van der Waals surface area (Å²) in [6.07, 6.45) is 1.17. The molecule has 24 heavy (non-hydrogen) atoms. The van der Waals surface area contributed by atoms with E-state index >= 15 is 0 Å². The van der Waals surface area contributed by atoms with Crippen LogP contribution in [0.25, 0.3) is 11.0 Å². The molecule has 3 aromatic rings. The van der Waals surface area contributed by atoms with Gasteiger partial charge in [-0.05, 0) is 31.0 Å². The molecule has 2 aromatic carbocycles. The lowest BCUT2D eigenvalue weighted by molar-refractivity contribution is -0.121. The highest BCUT2D eigenvalue weighted by Crippen LogP contribution is 2.08. The average molecular weight is 323 g/mol. The van der Waals surface area contributed by atoms with Crippen molar-refractivity contribution in [1.29, 1.82) is 0 Å². The molecule has 0 saturated carbocycles. The van der Waals surface area contributed by atoms with Crippen LogP contribution in [0.3, 0.4) is 0 Å². The van der Waals surface area contributed by atoms with Crippen molar-refractivity contribution in [1.82, 2.24) is 14.9 Å². The third-order valence-corrected chi connectivity index (χ3v) is 4.10. The van der Waals surface area contributed by atoms with Gasteiger partial charge in [0.2, 0.25) is 5.91 Å². The molecule has 1 amide bonds. The second kappa shape index (κ2) is 7.17. The smallest absolute Gasteiger partial charge is 0.326 e. The van der Waals surface area contributed by atoms with E-state index in [-0.39, 0.29) is 11.6 Å². The van der Waals surface area contributed by atoms with Gasteiger partial charge in [0.05, 0.1) is 11.0 Å². The lowest BCUT2D eigenvalue weighted by Gasteiger charge is -2.07. The molecule has 3 rings (SSSR count). The monoisotopic (exact) mass is 323 g/mol. The summed E-state index contributed by atoms with van der Waals surface area (Å²) < 4.78 is 1.65. The maximum atomic E-state index is 12.0. The molecule has 5 nitrogen and oxygen atoms in total. The van der Waals surface area contributed by atoms with Gasteiger partial charge in [-0.2, -0.15) is 0 Å². The van der Waals surface area contributed by atoms with Crippen molar-refractivity contribution in [2.75, 3.05) is 6.54 Å². The maximum Gasteiger partial charge on any atom is 0.326 e. The topological polar surface area (TPSA) is 66.9 Å². The predicted octanol–water partition coefficient (Wildman–Crippen LogP) is 2.39. The molecule has 5 heteroatoms. The van der Waals surface area contributed by atoms with Crippen LogP contribution in [0.1, 0.15) is 17.5 Å². The Bertz CT molecular complexity index is 891. The van der Waals surface area contributed by atoms with Crippen LogP contribution < -0.4 is 11.0 Å². The second-order valence-corrected chi connectivity index (χ2v) is 5.93. The third-order valence-electron chi connectivity index (χ3n) is 4.10. The highest BCUT2D eigenvalue weighted by atomic mass is 16.2. The summed E-state index contributed by atoms with van der Waals surface area (Å²) in [6.45, 7) is 2.94. The molecular weight excluding hydrogens is 302 g/mol. The van der Waals surface area contributed by atoms with Crippen molar-refractivity contribution in [3.8, 4) is 0 Å². The van der Waals surface area contributed by atoms with E-state index in [1.54, 1.807) is 4.57 Å². The molecule has 0 saturated heterocycles. The Morgan fingerprint density at radius 1 is 1.12 bits per heavy atom. The maximum absolute atomic E-state index is 12.0. The number of hydrogen-bond donors (Lipinski definition) is 2. The minimum absolute atomic E-state index is 0.00321. The molecule has 124 valence electrons. The van der Waals surface area contributed by atoms with Crippen molar-refractivity contribution in [2.24, 2.45) is 0 Å². The van der Waals surface area contributed by atoms with Gasteiger partial charge in [0.1, 0.15) is 0 Å². The van der Waals surface area contributed by atoms with E-state index in [0.717, 1.165) is 23.0 Å². The number of amides is 1. The van der Waals surface area contributed by atoms with Gasteiger partial charge in [0, 0.05) is 19.5 Å². The number of aryl methyl sites for hydroxylation is 2. The molecule has 0 aliphatic heterocycles. The molecular formula is C19H21N3O2. The first-order chi connectivity index (χ1) is 11.6. The summed E-state index contributed by atoms with van der Waals surface area (Å²) in [4.78, 5) is 26.7. The van der Waals surface area contributed by atoms with Gasteiger partial charge >= 0.3 is 5.69 Å². The minimum atomic E-state index is -0.148. The highest BCUT2D eigenvalue weighted by molar-refractivity contribution is 5.76. The molecule has 0 spiro atoms. The molecule has 0 bridgehead atoms. The first kappa shape index (κ1) is 16.1. The lowest BCUT2D eigenvalue weighted by atomic mass is 10.1. The Labute approximate surface area is 140 Å². The molecule has 0 aliphatic carbocycles. The normalized spacial score (nSPS) is 10.9. The summed E-state index contributed by atoms with van der Waals surface area (Å²) in [5.74, 6) is 0.00321. The van der Waals surface area contributed by atoms with E-state index in [1.165, 1.54) is 5.56 Å². The largest absolute Gasteiger partial charge is 0.354 e. The van der Waals surface area contributed by atoms with Crippen LogP contribution in [0.2, 0.25) is 0 Å². The number of imidazole rings is 1. The Balaban J connectivity index is 1.50.